The third-order valence-electron chi connectivity index (χ3n) is 2.06. The molecule has 0 saturated heterocycles. The van der Waals surface area contributed by atoms with Crippen LogP contribution < -0.4 is 5.32 Å². The van der Waals surface area contributed by atoms with Gasteiger partial charge in [-0.2, -0.15) is 0 Å². The number of fused-ring (bicyclic) bond motifs is 1. The molecular weight excluding hydrogens is 209 g/mol. The molecule has 1 unspecified atom stereocenters. The molecule has 2 rings (SSSR count). The normalized spacial score (nSPS) is 19.3. The zero-order valence-electron chi connectivity index (χ0n) is 7.36. The highest BCUT2D eigenvalue weighted by atomic mass is 35.5. The van der Waals surface area contributed by atoms with Gasteiger partial charge in [0.05, 0.1) is 5.69 Å². The zero-order valence-corrected chi connectivity index (χ0v) is 8.99. The van der Waals surface area contributed by atoms with Crippen molar-refractivity contribution in [3.05, 3.63) is 23.8 Å². The van der Waals surface area contributed by atoms with Gasteiger partial charge in [-0.25, -0.2) is 9.97 Å². The predicted molar refractivity (Wildman–Crippen MR) is 56.6 cm³/mol. The molecule has 1 N–H and O–H groups in total. The van der Waals surface area contributed by atoms with E-state index in [-0.39, 0.29) is 24.8 Å². The van der Waals surface area contributed by atoms with Gasteiger partial charge < -0.3 is 5.32 Å². The quantitative estimate of drug-likeness (QED) is 0.723. The van der Waals surface area contributed by atoms with Crippen LogP contribution in [-0.2, 0) is 6.54 Å². The molecule has 0 fully saturated rings. The van der Waals surface area contributed by atoms with E-state index in [1.54, 1.807) is 6.33 Å². The Hall–Kier alpha value is -0.380. The first-order valence-corrected chi connectivity index (χ1v) is 3.87. The van der Waals surface area contributed by atoms with E-state index in [4.69, 9.17) is 0 Å². The fraction of sp³-hybridized carbons (Fsp3) is 0.500. The molecule has 13 heavy (non-hydrogen) atoms. The predicted octanol–water partition coefficient (Wildman–Crippen LogP) is 1.53. The fourth-order valence-corrected chi connectivity index (χ4v) is 1.47. The van der Waals surface area contributed by atoms with Crippen LogP contribution in [0.2, 0.25) is 0 Å². The Bertz CT molecular complexity index is 267. The summed E-state index contributed by atoms with van der Waals surface area (Å²) in [5, 5.41) is 3.31. The van der Waals surface area contributed by atoms with E-state index in [0.29, 0.717) is 5.92 Å². The Morgan fingerprint density at radius 3 is 2.92 bits per heavy atom. The lowest BCUT2D eigenvalue weighted by Gasteiger charge is -2.20. The second-order valence-corrected chi connectivity index (χ2v) is 2.97. The monoisotopic (exact) mass is 221 g/mol. The Labute approximate surface area is 90.2 Å². The second-order valence-electron chi connectivity index (χ2n) is 2.97. The summed E-state index contributed by atoms with van der Waals surface area (Å²) >= 11 is 0. The maximum absolute atomic E-state index is 4.25. The number of hydrogen-bond donors (Lipinski definition) is 1. The van der Waals surface area contributed by atoms with E-state index in [1.807, 2.05) is 6.20 Å². The molecule has 0 bridgehead atoms. The molecule has 5 heteroatoms. The fourth-order valence-electron chi connectivity index (χ4n) is 1.47. The molecule has 1 atom stereocenters. The molecule has 0 saturated carbocycles. The zero-order chi connectivity index (χ0) is 7.68. The molecule has 1 aromatic heterocycles. The first-order chi connectivity index (χ1) is 5.38. The highest BCUT2D eigenvalue weighted by Crippen LogP contribution is 2.18. The highest BCUT2D eigenvalue weighted by Gasteiger charge is 2.16. The number of aromatic nitrogens is 2. The van der Waals surface area contributed by atoms with E-state index < -0.39 is 0 Å². The first kappa shape index (κ1) is 12.6. The van der Waals surface area contributed by atoms with Gasteiger partial charge in [-0.05, 0) is 0 Å². The van der Waals surface area contributed by atoms with E-state index >= 15 is 0 Å². The molecule has 1 aromatic rings. The largest absolute Gasteiger partial charge is 0.312 e. The summed E-state index contributed by atoms with van der Waals surface area (Å²) in [7, 11) is 0. The van der Waals surface area contributed by atoms with E-state index in [0.717, 1.165) is 13.1 Å². The molecule has 0 aliphatic carbocycles. The maximum atomic E-state index is 4.25. The Morgan fingerprint density at radius 1 is 1.46 bits per heavy atom. The van der Waals surface area contributed by atoms with Gasteiger partial charge in [0.1, 0.15) is 6.33 Å². The van der Waals surface area contributed by atoms with Crippen molar-refractivity contribution in [2.45, 2.75) is 19.4 Å². The molecule has 2 heterocycles. The topological polar surface area (TPSA) is 37.8 Å². The van der Waals surface area contributed by atoms with Crippen LogP contribution in [0.25, 0.3) is 0 Å². The number of nitrogens with zero attached hydrogens (tertiary/aromatic N) is 2. The molecule has 3 nitrogen and oxygen atoms in total. The average Bonchev–Trinajstić information content (AvgIpc) is 2.06. The van der Waals surface area contributed by atoms with Crippen molar-refractivity contribution < 1.29 is 0 Å². The average molecular weight is 222 g/mol. The lowest BCUT2D eigenvalue weighted by atomic mass is 10.00. The molecule has 0 amide bonds. The SMILES string of the molecule is CC1CNCc2cncnc21.Cl.Cl. The van der Waals surface area contributed by atoms with Crippen molar-refractivity contribution in [2.75, 3.05) is 6.54 Å². The summed E-state index contributed by atoms with van der Waals surface area (Å²) in [6, 6.07) is 0. The summed E-state index contributed by atoms with van der Waals surface area (Å²) in [5.74, 6) is 0.529. The molecule has 0 aromatic carbocycles. The maximum Gasteiger partial charge on any atom is 0.115 e. The van der Waals surface area contributed by atoms with Gasteiger partial charge in [-0.15, -0.1) is 24.8 Å². The number of halogens is 2. The van der Waals surface area contributed by atoms with Gasteiger partial charge in [0.15, 0.2) is 0 Å². The minimum Gasteiger partial charge on any atom is -0.312 e. The van der Waals surface area contributed by atoms with Gasteiger partial charge in [0, 0.05) is 30.8 Å². The van der Waals surface area contributed by atoms with Crippen molar-refractivity contribution in [2.24, 2.45) is 0 Å². The minimum absolute atomic E-state index is 0. The van der Waals surface area contributed by atoms with Crippen LogP contribution in [0.15, 0.2) is 12.5 Å². The standard InChI is InChI=1S/C8H11N3.2ClH/c1-6-2-9-3-7-4-10-5-11-8(6)7;;/h4-6,9H,2-3H2,1H3;2*1H. The minimum atomic E-state index is 0. The summed E-state index contributed by atoms with van der Waals surface area (Å²) in [6.07, 6.45) is 3.52. The van der Waals surface area contributed by atoms with Crippen LogP contribution >= 0.6 is 24.8 Å². The number of hydrogen-bond acceptors (Lipinski definition) is 3. The van der Waals surface area contributed by atoms with Gasteiger partial charge >= 0.3 is 0 Å². The van der Waals surface area contributed by atoms with E-state index in [2.05, 4.69) is 22.2 Å². The summed E-state index contributed by atoms with van der Waals surface area (Å²) < 4.78 is 0. The molecular formula is C8H13Cl2N3. The smallest absolute Gasteiger partial charge is 0.115 e. The van der Waals surface area contributed by atoms with Gasteiger partial charge in [0.2, 0.25) is 0 Å². The van der Waals surface area contributed by atoms with Crippen LogP contribution in [0.4, 0.5) is 0 Å². The van der Waals surface area contributed by atoms with E-state index in [9.17, 15) is 0 Å². The third-order valence-corrected chi connectivity index (χ3v) is 2.06. The highest BCUT2D eigenvalue weighted by molar-refractivity contribution is 5.85. The Balaban J connectivity index is 0.000000720. The summed E-state index contributed by atoms with van der Waals surface area (Å²) in [4.78, 5) is 8.23. The Kier molecular flexibility index (Phi) is 5.21. The molecule has 1 aliphatic rings. The van der Waals surface area contributed by atoms with E-state index in [1.165, 1.54) is 11.3 Å². The van der Waals surface area contributed by atoms with Crippen molar-refractivity contribution in [1.29, 1.82) is 0 Å². The van der Waals surface area contributed by atoms with Gasteiger partial charge in [-0.3, -0.25) is 0 Å². The lowest BCUT2D eigenvalue weighted by molar-refractivity contribution is 0.553. The van der Waals surface area contributed by atoms with Gasteiger partial charge in [-0.1, -0.05) is 6.92 Å². The third kappa shape index (κ3) is 2.53. The molecule has 1 aliphatic heterocycles. The van der Waals surface area contributed by atoms with Crippen LogP contribution in [0.1, 0.15) is 24.1 Å². The van der Waals surface area contributed by atoms with Crippen molar-refractivity contribution in [1.82, 2.24) is 15.3 Å². The van der Waals surface area contributed by atoms with Gasteiger partial charge in [0.25, 0.3) is 0 Å². The van der Waals surface area contributed by atoms with Crippen molar-refractivity contribution in [3.8, 4) is 0 Å². The van der Waals surface area contributed by atoms with Crippen molar-refractivity contribution >= 4 is 24.8 Å². The van der Waals surface area contributed by atoms with Crippen LogP contribution in [0.3, 0.4) is 0 Å². The number of nitrogens with one attached hydrogen (secondary N) is 1. The molecule has 0 spiro atoms. The summed E-state index contributed by atoms with van der Waals surface area (Å²) in [6.45, 7) is 4.13. The number of rotatable bonds is 0. The van der Waals surface area contributed by atoms with Crippen molar-refractivity contribution in [3.63, 3.8) is 0 Å². The van der Waals surface area contributed by atoms with Crippen LogP contribution in [0, 0.1) is 0 Å². The lowest BCUT2D eigenvalue weighted by Crippen LogP contribution is -2.27. The van der Waals surface area contributed by atoms with Crippen LogP contribution in [-0.4, -0.2) is 16.5 Å². The molecule has 0 radical (unpaired) electrons. The first-order valence-electron chi connectivity index (χ1n) is 3.87. The van der Waals surface area contributed by atoms with Crippen LogP contribution in [0.5, 0.6) is 0 Å². The molecule has 74 valence electrons. The Morgan fingerprint density at radius 2 is 2.23 bits per heavy atom. The second kappa shape index (κ2) is 5.37. The summed E-state index contributed by atoms with van der Waals surface area (Å²) in [5.41, 5.74) is 2.45.